The Morgan fingerprint density at radius 3 is 2.46 bits per heavy atom. The molecule has 0 spiro atoms. The average Bonchev–Trinajstić information content (AvgIpc) is 2.15. The fourth-order valence-electron chi connectivity index (χ4n) is 2.27. The fraction of sp³-hybridized carbons (Fsp3) is 0.500. The molecule has 0 saturated carbocycles. The summed E-state index contributed by atoms with van der Waals surface area (Å²) in [7, 11) is 2.21. The van der Waals surface area contributed by atoms with Crippen molar-refractivity contribution < 1.29 is 0 Å². The van der Waals surface area contributed by atoms with Gasteiger partial charge in [-0.25, -0.2) is 0 Å². The predicted molar refractivity (Wildman–Crippen MR) is 55.9 cm³/mol. The summed E-state index contributed by atoms with van der Waals surface area (Å²) in [6.07, 6.45) is 0. The summed E-state index contributed by atoms with van der Waals surface area (Å²) in [6.45, 7) is 5.77. The Bertz CT molecular complexity index is 306. The highest BCUT2D eigenvalue weighted by atomic mass is 15.1. The van der Waals surface area contributed by atoms with Crippen LogP contribution in [0.2, 0.25) is 0 Å². The quantitative estimate of drug-likeness (QED) is 0.586. The second-order valence-corrected chi connectivity index (χ2v) is 4.15. The molecule has 1 nitrogen and oxygen atoms in total. The number of rotatable bonds is 0. The van der Waals surface area contributed by atoms with Crippen LogP contribution in [0.5, 0.6) is 0 Å². The van der Waals surface area contributed by atoms with E-state index in [1.807, 2.05) is 0 Å². The van der Waals surface area contributed by atoms with Crippen LogP contribution in [0.1, 0.15) is 36.9 Å². The van der Waals surface area contributed by atoms with Gasteiger partial charge in [0, 0.05) is 12.6 Å². The second-order valence-electron chi connectivity index (χ2n) is 4.15. The van der Waals surface area contributed by atoms with Crippen molar-refractivity contribution in [3.05, 3.63) is 35.4 Å². The Morgan fingerprint density at radius 1 is 1.15 bits per heavy atom. The Kier molecular flexibility index (Phi) is 2.12. The van der Waals surface area contributed by atoms with Crippen LogP contribution in [-0.2, 0) is 0 Å². The third kappa shape index (κ3) is 1.37. The van der Waals surface area contributed by atoms with Crippen molar-refractivity contribution in [3.8, 4) is 0 Å². The van der Waals surface area contributed by atoms with Gasteiger partial charge < -0.3 is 0 Å². The van der Waals surface area contributed by atoms with Crippen molar-refractivity contribution in [2.75, 3.05) is 13.6 Å². The number of fused-ring (bicyclic) bond motifs is 1. The molecule has 2 atom stereocenters. The largest absolute Gasteiger partial charge is 0.299 e. The van der Waals surface area contributed by atoms with E-state index in [2.05, 4.69) is 50.1 Å². The molecule has 0 fully saturated rings. The number of hydrogen-bond acceptors (Lipinski definition) is 1. The van der Waals surface area contributed by atoms with Crippen molar-refractivity contribution in [3.63, 3.8) is 0 Å². The van der Waals surface area contributed by atoms with Gasteiger partial charge in [0.05, 0.1) is 0 Å². The van der Waals surface area contributed by atoms with Gasteiger partial charge in [-0.15, -0.1) is 0 Å². The molecule has 1 aliphatic heterocycles. The summed E-state index contributed by atoms with van der Waals surface area (Å²) in [4.78, 5) is 2.42. The molecule has 0 radical (unpaired) electrons. The molecule has 0 amide bonds. The lowest BCUT2D eigenvalue weighted by molar-refractivity contribution is 0.228. The Hall–Kier alpha value is -0.820. The van der Waals surface area contributed by atoms with Crippen LogP contribution in [0.4, 0.5) is 0 Å². The smallest absolute Gasteiger partial charge is 0.0319 e. The highest BCUT2D eigenvalue weighted by molar-refractivity contribution is 5.34. The Balaban J connectivity index is 2.47. The molecule has 70 valence electrons. The van der Waals surface area contributed by atoms with Crippen molar-refractivity contribution in [1.29, 1.82) is 0 Å². The van der Waals surface area contributed by atoms with Gasteiger partial charge in [0.15, 0.2) is 0 Å². The summed E-state index contributed by atoms with van der Waals surface area (Å²) in [6, 6.07) is 9.39. The molecule has 1 aromatic carbocycles. The molecule has 0 N–H and O–H groups in total. The first-order valence-corrected chi connectivity index (χ1v) is 4.99. The summed E-state index contributed by atoms with van der Waals surface area (Å²) in [5.74, 6) is 0.678. The number of benzene rings is 1. The van der Waals surface area contributed by atoms with Gasteiger partial charge in [0.1, 0.15) is 0 Å². The fourth-order valence-corrected chi connectivity index (χ4v) is 2.27. The molecule has 1 heterocycles. The van der Waals surface area contributed by atoms with Crippen molar-refractivity contribution in [2.24, 2.45) is 0 Å². The highest BCUT2D eigenvalue weighted by Crippen LogP contribution is 2.33. The van der Waals surface area contributed by atoms with Crippen LogP contribution in [0.3, 0.4) is 0 Å². The lowest BCUT2D eigenvalue weighted by atomic mass is 9.87. The monoisotopic (exact) mass is 175 g/mol. The molecule has 0 bridgehead atoms. The normalized spacial score (nSPS) is 28.5. The summed E-state index contributed by atoms with van der Waals surface area (Å²) >= 11 is 0. The van der Waals surface area contributed by atoms with Gasteiger partial charge in [-0.2, -0.15) is 0 Å². The molecule has 1 aliphatic rings. The van der Waals surface area contributed by atoms with E-state index in [0.717, 1.165) is 0 Å². The molecular weight excluding hydrogens is 158 g/mol. The molecule has 1 heteroatoms. The van der Waals surface area contributed by atoms with E-state index in [1.54, 1.807) is 0 Å². The Morgan fingerprint density at radius 2 is 1.77 bits per heavy atom. The average molecular weight is 175 g/mol. The maximum absolute atomic E-state index is 2.42. The zero-order chi connectivity index (χ0) is 9.42. The third-order valence-corrected chi connectivity index (χ3v) is 3.20. The van der Waals surface area contributed by atoms with Crippen molar-refractivity contribution in [1.82, 2.24) is 4.90 Å². The van der Waals surface area contributed by atoms with Gasteiger partial charge >= 0.3 is 0 Å². The molecule has 0 saturated heterocycles. The van der Waals surface area contributed by atoms with Crippen molar-refractivity contribution in [2.45, 2.75) is 25.8 Å². The van der Waals surface area contributed by atoms with Crippen LogP contribution >= 0.6 is 0 Å². The Labute approximate surface area is 80.4 Å². The maximum atomic E-state index is 2.42. The van der Waals surface area contributed by atoms with Crippen LogP contribution in [-0.4, -0.2) is 18.5 Å². The third-order valence-electron chi connectivity index (χ3n) is 3.20. The van der Waals surface area contributed by atoms with E-state index < -0.39 is 0 Å². The summed E-state index contributed by atoms with van der Waals surface area (Å²) in [5.41, 5.74) is 3.04. The second kappa shape index (κ2) is 3.15. The minimum atomic E-state index is 0.576. The molecule has 0 aliphatic carbocycles. The zero-order valence-corrected chi connectivity index (χ0v) is 8.62. The van der Waals surface area contributed by atoms with Crippen LogP contribution in [0.25, 0.3) is 0 Å². The molecule has 13 heavy (non-hydrogen) atoms. The number of hydrogen-bond donors (Lipinski definition) is 0. The highest BCUT2D eigenvalue weighted by Gasteiger charge is 2.24. The number of likely N-dealkylation sites (N-methyl/N-ethyl adjacent to an activating group) is 1. The van der Waals surface area contributed by atoms with Crippen LogP contribution in [0, 0.1) is 0 Å². The van der Waals surface area contributed by atoms with Gasteiger partial charge in [-0.05, 0) is 31.0 Å². The van der Waals surface area contributed by atoms with E-state index in [4.69, 9.17) is 0 Å². The van der Waals surface area contributed by atoms with Crippen molar-refractivity contribution >= 4 is 0 Å². The lowest BCUT2D eigenvalue weighted by Gasteiger charge is -2.35. The molecular formula is C12H17N. The van der Waals surface area contributed by atoms with E-state index in [-0.39, 0.29) is 0 Å². The van der Waals surface area contributed by atoms with E-state index in [9.17, 15) is 0 Å². The van der Waals surface area contributed by atoms with Gasteiger partial charge in [0.25, 0.3) is 0 Å². The van der Waals surface area contributed by atoms with Gasteiger partial charge in [0.2, 0.25) is 0 Å². The summed E-state index contributed by atoms with van der Waals surface area (Å²) < 4.78 is 0. The topological polar surface area (TPSA) is 3.24 Å². The molecule has 0 aromatic heterocycles. The first-order chi connectivity index (χ1) is 6.20. The van der Waals surface area contributed by atoms with E-state index in [0.29, 0.717) is 12.0 Å². The predicted octanol–water partition coefficient (Wildman–Crippen LogP) is 2.80. The van der Waals surface area contributed by atoms with Crippen LogP contribution < -0.4 is 0 Å². The first-order valence-electron chi connectivity index (χ1n) is 4.99. The van der Waals surface area contributed by atoms with E-state index >= 15 is 0 Å². The molecule has 2 unspecified atom stereocenters. The lowest BCUT2D eigenvalue weighted by Crippen LogP contribution is -2.32. The number of nitrogens with zero attached hydrogens (tertiary/aromatic N) is 1. The minimum Gasteiger partial charge on any atom is -0.299 e. The van der Waals surface area contributed by atoms with Crippen LogP contribution in [0.15, 0.2) is 24.3 Å². The molecule has 1 aromatic rings. The SMILES string of the molecule is CC1CN(C)C(C)c2ccccc21. The standard InChI is InChI=1S/C12H17N/c1-9-8-13(3)10(2)12-7-5-4-6-11(9)12/h4-7,9-10H,8H2,1-3H3. The molecule has 2 rings (SSSR count). The van der Waals surface area contributed by atoms with Gasteiger partial charge in [-0.1, -0.05) is 31.2 Å². The summed E-state index contributed by atoms with van der Waals surface area (Å²) in [5, 5.41) is 0. The van der Waals surface area contributed by atoms with E-state index in [1.165, 1.54) is 17.7 Å². The zero-order valence-electron chi connectivity index (χ0n) is 8.62. The minimum absolute atomic E-state index is 0.576. The first kappa shape index (κ1) is 8.76. The van der Waals surface area contributed by atoms with Gasteiger partial charge in [-0.3, -0.25) is 4.90 Å². The maximum Gasteiger partial charge on any atom is 0.0319 e.